The van der Waals surface area contributed by atoms with Crippen molar-refractivity contribution in [3.8, 4) is 0 Å². The minimum atomic E-state index is -0.320. The molecule has 1 aliphatic rings. The van der Waals surface area contributed by atoms with Crippen molar-refractivity contribution >= 4 is 34.7 Å². The van der Waals surface area contributed by atoms with Gasteiger partial charge in [-0.2, -0.15) is 0 Å². The summed E-state index contributed by atoms with van der Waals surface area (Å²) in [5.41, 5.74) is 3.14. The summed E-state index contributed by atoms with van der Waals surface area (Å²) >= 11 is 6.00. The summed E-state index contributed by atoms with van der Waals surface area (Å²) in [6, 6.07) is 26.1. The van der Waals surface area contributed by atoms with Crippen molar-refractivity contribution in [2.24, 2.45) is 0 Å². The predicted molar refractivity (Wildman–Crippen MR) is 115 cm³/mol. The van der Waals surface area contributed by atoms with Crippen LogP contribution >= 0.6 is 11.6 Å². The normalized spacial score (nSPS) is 13.9. The van der Waals surface area contributed by atoms with Crippen LogP contribution in [0.2, 0.25) is 5.02 Å². The molecule has 0 aliphatic carbocycles. The summed E-state index contributed by atoms with van der Waals surface area (Å²) in [5.74, 6) is -0.619. The Bertz CT molecular complexity index is 1060. The van der Waals surface area contributed by atoms with Gasteiger partial charge in [0, 0.05) is 17.3 Å². The smallest absolute Gasteiger partial charge is 0.278 e. The summed E-state index contributed by atoms with van der Waals surface area (Å²) in [5, 5.41) is 3.72. The molecule has 2 amide bonds. The third-order valence-electron chi connectivity index (χ3n) is 4.81. The first kappa shape index (κ1) is 19.0. The van der Waals surface area contributed by atoms with Crippen molar-refractivity contribution in [2.75, 3.05) is 11.9 Å². The third-order valence-corrected chi connectivity index (χ3v) is 5.06. The van der Waals surface area contributed by atoms with Crippen LogP contribution in [0, 0.1) is 0 Å². The number of halogens is 1. The molecule has 3 aromatic carbocycles. The van der Waals surface area contributed by atoms with Gasteiger partial charge in [-0.25, -0.2) is 0 Å². The van der Waals surface area contributed by atoms with E-state index in [0.717, 1.165) is 11.3 Å². The quantitative estimate of drug-likeness (QED) is 0.604. The van der Waals surface area contributed by atoms with Crippen LogP contribution in [0.3, 0.4) is 0 Å². The number of benzene rings is 3. The third kappa shape index (κ3) is 4.08. The van der Waals surface area contributed by atoms with E-state index in [4.69, 9.17) is 11.6 Å². The van der Waals surface area contributed by atoms with Crippen LogP contribution in [0.4, 0.5) is 5.69 Å². The highest BCUT2D eigenvalue weighted by molar-refractivity contribution is 6.36. The van der Waals surface area contributed by atoms with E-state index in [-0.39, 0.29) is 17.5 Å². The van der Waals surface area contributed by atoms with E-state index in [2.05, 4.69) is 5.32 Å². The van der Waals surface area contributed by atoms with Gasteiger partial charge < -0.3 is 5.32 Å². The Morgan fingerprint density at radius 1 is 0.759 bits per heavy atom. The molecule has 0 radical (unpaired) electrons. The molecule has 0 fully saturated rings. The molecule has 0 spiro atoms. The summed E-state index contributed by atoms with van der Waals surface area (Å²) in [4.78, 5) is 27.7. The van der Waals surface area contributed by atoms with Crippen LogP contribution in [-0.2, 0) is 16.0 Å². The number of carbonyl (C=O) groups is 2. The number of para-hydroxylation sites is 1. The molecule has 0 atom stereocenters. The lowest BCUT2D eigenvalue weighted by atomic mass is 10.0. The number of nitrogens with zero attached hydrogens (tertiary/aromatic N) is 1. The molecule has 4 nitrogen and oxygen atoms in total. The lowest BCUT2D eigenvalue weighted by Crippen LogP contribution is -2.34. The van der Waals surface area contributed by atoms with Gasteiger partial charge in [0.05, 0.1) is 5.57 Å². The van der Waals surface area contributed by atoms with Crippen LogP contribution in [-0.4, -0.2) is 23.3 Å². The van der Waals surface area contributed by atoms with Gasteiger partial charge in [0.1, 0.15) is 5.70 Å². The maximum absolute atomic E-state index is 13.2. The van der Waals surface area contributed by atoms with E-state index in [0.29, 0.717) is 29.1 Å². The van der Waals surface area contributed by atoms with E-state index < -0.39 is 0 Å². The van der Waals surface area contributed by atoms with Crippen LogP contribution < -0.4 is 5.32 Å². The Labute approximate surface area is 174 Å². The fourth-order valence-corrected chi connectivity index (χ4v) is 3.46. The molecule has 0 bridgehead atoms. The molecular weight excluding hydrogens is 384 g/mol. The van der Waals surface area contributed by atoms with Gasteiger partial charge >= 0.3 is 0 Å². The predicted octanol–water partition coefficient (Wildman–Crippen LogP) is 4.77. The van der Waals surface area contributed by atoms with Gasteiger partial charge in [0.15, 0.2) is 0 Å². The van der Waals surface area contributed by atoms with E-state index in [1.807, 2.05) is 60.7 Å². The summed E-state index contributed by atoms with van der Waals surface area (Å²) in [7, 11) is 0. The molecule has 0 unspecified atom stereocenters. The maximum Gasteiger partial charge on any atom is 0.278 e. The van der Waals surface area contributed by atoms with Gasteiger partial charge in [0.25, 0.3) is 11.8 Å². The number of hydrogen-bond acceptors (Lipinski definition) is 3. The van der Waals surface area contributed by atoms with Crippen molar-refractivity contribution in [1.82, 2.24) is 4.90 Å². The number of anilines is 1. The molecule has 3 aromatic rings. The van der Waals surface area contributed by atoms with Crippen LogP contribution in [0.15, 0.2) is 90.6 Å². The molecule has 4 rings (SSSR count). The molecule has 1 N–H and O–H groups in total. The minimum Gasteiger partial charge on any atom is -0.350 e. The standard InChI is InChI=1S/C24H19ClN2O2/c25-19-13-11-18(12-14-19)21-22(26-20-9-5-2-6-10-20)24(29)27(23(21)28)16-15-17-7-3-1-4-8-17/h1-14,26H,15-16H2. The fraction of sp³-hybridized carbons (Fsp3) is 0.0833. The van der Waals surface area contributed by atoms with Crippen molar-refractivity contribution in [2.45, 2.75) is 6.42 Å². The minimum absolute atomic E-state index is 0.289. The lowest BCUT2D eigenvalue weighted by Gasteiger charge is -2.15. The summed E-state index contributed by atoms with van der Waals surface area (Å²) in [6.07, 6.45) is 0.602. The summed E-state index contributed by atoms with van der Waals surface area (Å²) < 4.78 is 0. The Balaban J connectivity index is 1.66. The van der Waals surface area contributed by atoms with Gasteiger partial charge in [-0.15, -0.1) is 0 Å². The lowest BCUT2D eigenvalue weighted by molar-refractivity contribution is -0.136. The van der Waals surface area contributed by atoms with Crippen molar-refractivity contribution < 1.29 is 9.59 Å². The largest absolute Gasteiger partial charge is 0.350 e. The van der Waals surface area contributed by atoms with E-state index in [1.165, 1.54) is 4.90 Å². The highest BCUT2D eigenvalue weighted by atomic mass is 35.5. The molecule has 144 valence electrons. The topological polar surface area (TPSA) is 49.4 Å². The van der Waals surface area contributed by atoms with Crippen LogP contribution in [0.5, 0.6) is 0 Å². The Morgan fingerprint density at radius 2 is 1.38 bits per heavy atom. The summed E-state index contributed by atoms with van der Waals surface area (Å²) in [6.45, 7) is 0.318. The van der Waals surface area contributed by atoms with Crippen LogP contribution in [0.25, 0.3) is 5.57 Å². The van der Waals surface area contributed by atoms with E-state index in [1.54, 1.807) is 24.3 Å². The Hall–Kier alpha value is -3.37. The first-order valence-electron chi connectivity index (χ1n) is 9.36. The van der Waals surface area contributed by atoms with Gasteiger partial charge in [-0.05, 0) is 41.8 Å². The maximum atomic E-state index is 13.2. The van der Waals surface area contributed by atoms with Gasteiger partial charge in [-0.1, -0.05) is 72.3 Å². The second kappa shape index (κ2) is 8.33. The van der Waals surface area contributed by atoms with Crippen molar-refractivity contribution in [3.05, 3.63) is 107 Å². The van der Waals surface area contributed by atoms with Gasteiger partial charge in [-0.3, -0.25) is 14.5 Å². The van der Waals surface area contributed by atoms with E-state index in [9.17, 15) is 9.59 Å². The average Bonchev–Trinajstić information content (AvgIpc) is 2.98. The molecule has 0 saturated heterocycles. The zero-order chi connectivity index (χ0) is 20.2. The number of imide groups is 1. The first-order valence-corrected chi connectivity index (χ1v) is 9.73. The monoisotopic (exact) mass is 402 g/mol. The van der Waals surface area contributed by atoms with Crippen molar-refractivity contribution in [3.63, 3.8) is 0 Å². The Morgan fingerprint density at radius 3 is 2.03 bits per heavy atom. The highest BCUT2D eigenvalue weighted by Crippen LogP contribution is 2.31. The molecular formula is C24H19ClN2O2. The number of nitrogens with one attached hydrogen (secondary N) is 1. The second-order valence-electron chi connectivity index (χ2n) is 6.75. The molecule has 5 heteroatoms. The number of rotatable bonds is 6. The molecule has 1 aliphatic heterocycles. The zero-order valence-electron chi connectivity index (χ0n) is 15.6. The first-order chi connectivity index (χ1) is 14.1. The molecule has 0 aromatic heterocycles. The SMILES string of the molecule is O=C1C(Nc2ccccc2)=C(c2ccc(Cl)cc2)C(=O)N1CCc1ccccc1. The van der Waals surface area contributed by atoms with E-state index >= 15 is 0 Å². The average molecular weight is 403 g/mol. The van der Waals surface area contributed by atoms with Crippen LogP contribution in [0.1, 0.15) is 11.1 Å². The highest BCUT2D eigenvalue weighted by Gasteiger charge is 2.38. The molecule has 0 saturated carbocycles. The number of amides is 2. The fourth-order valence-electron chi connectivity index (χ4n) is 3.33. The number of hydrogen-bond donors (Lipinski definition) is 1. The van der Waals surface area contributed by atoms with Crippen molar-refractivity contribution in [1.29, 1.82) is 0 Å². The Kier molecular flexibility index (Phi) is 5.45. The molecule has 1 heterocycles. The molecule has 29 heavy (non-hydrogen) atoms. The number of carbonyl (C=O) groups excluding carboxylic acids is 2. The zero-order valence-corrected chi connectivity index (χ0v) is 16.4. The second-order valence-corrected chi connectivity index (χ2v) is 7.18. The van der Waals surface area contributed by atoms with Gasteiger partial charge in [0.2, 0.25) is 0 Å².